The fraction of sp³-hybridized carbons (Fsp3) is 0.273. The number of hydrogen-bond donors (Lipinski definition) is 1. The van der Waals surface area contributed by atoms with E-state index in [2.05, 4.69) is 0 Å². The molecular formula is C11H12O6. The van der Waals surface area contributed by atoms with Crippen LogP contribution in [0.1, 0.15) is 17.3 Å². The third kappa shape index (κ3) is 2.47. The first-order valence-electron chi connectivity index (χ1n) is 4.66. The summed E-state index contributed by atoms with van der Waals surface area (Å²) in [5, 5.41) is 9.75. The van der Waals surface area contributed by atoms with E-state index in [1.807, 2.05) is 0 Å². The Kier molecular flexibility index (Phi) is 3.92. The molecule has 0 saturated heterocycles. The first-order chi connectivity index (χ1) is 8.04. The minimum absolute atomic E-state index is 0.0479. The van der Waals surface area contributed by atoms with Crippen molar-refractivity contribution in [3.8, 4) is 23.0 Å². The van der Waals surface area contributed by atoms with Crippen LogP contribution in [0.2, 0.25) is 0 Å². The van der Waals surface area contributed by atoms with E-state index in [4.69, 9.17) is 14.2 Å². The van der Waals surface area contributed by atoms with Crippen molar-refractivity contribution in [3.05, 3.63) is 11.6 Å². The van der Waals surface area contributed by atoms with Gasteiger partial charge in [0, 0.05) is 6.92 Å². The molecule has 0 saturated carbocycles. The lowest BCUT2D eigenvalue weighted by atomic mass is 10.1. The van der Waals surface area contributed by atoms with Crippen molar-refractivity contribution in [3.63, 3.8) is 0 Å². The molecule has 0 atom stereocenters. The monoisotopic (exact) mass is 240 g/mol. The van der Waals surface area contributed by atoms with E-state index in [0.717, 1.165) is 0 Å². The van der Waals surface area contributed by atoms with Crippen molar-refractivity contribution < 1.29 is 28.9 Å². The number of carbonyl (C=O) groups is 2. The fourth-order valence-corrected chi connectivity index (χ4v) is 1.31. The molecule has 0 amide bonds. The molecule has 0 unspecified atom stereocenters. The van der Waals surface area contributed by atoms with Crippen LogP contribution in [0.3, 0.4) is 0 Å². The summed E-state index contributed by atoms with van der Waals surface area (Å²) in [5.41, 5.74) is 0.0479. The van der Waals surface area contributed by atoms with Gasteiger partial charge in [0.15, 0.2) is 17.8 Å². The Labute approximate surface area is 97.7 Å². The van der Waals surface area contributed by atoms with Crippen LogP contribution in [0, 0.1) is 0 Å². The van der Waals surface area contributed by atoms with E-state index < -0.39 is 5.97 Å². The van der Waals surface area contributed by atoms with E-state index in [1.165, 1.54) is 27.2 Å². The second-order valence-electron chi connectivity index (χ2n) is 3.09. The maximum atomic E-state index is 10.9. The highest BCUT2D eigenvalue weighted by molar-refractivity contribution is 5.86. The molecule has 0 heterocycles. The summed E-state index contributed by atoms with van der Waals surface area (Å²) in [7, 11) is 2.60. The standard InChI is InChI=1S/C11H12O6/c1-6(13)17-10-7(5-12)4-8(15-2)9(14)11(10)16-3/h4-5,14H,1-3H3. The number of esters is 1. The molecule has 17 heavy (non-hydrogen) atoms. The number of aromatic hydroxyl groups is 1. The summed E-state index contributed by atoms with van der Waals surface area (Å²) in [6, 6.07) is 1.25. The molecule has 1 aromatic rings. The summed E-state index contributed by atoms with van der Waals surface area (Å²) < 4.78 is 14.6. The zero-order valence-corrected chi connectivity index (χ0v) is 9.64. The molecule has 1 aromatic carbocycles. The van der Waals surface area contributed by atoms with Crippen molar-refractivity contribution in [2.45, 2.75) is 6.92 Å². The molecule has 0 fully saturated rings. The maximum Gasteiger partial charge on any atom is 0.308 e. The largest absolute Gasteiger partial charge is 0.502 e. The molecule has 0 aliphatic rings. The predicted octanol–water partition coefficient (Wildman–Crippen LogP) is 1.15. The maximum absolute atomic E-state index is 10.9. The second-order valence-corrected chi connectivity index (χ2v) is 3.09. The van der Waals surface area contributed by atoms with Crippen LogP contribution in [-0.4, -0.2) is 31.6 Å². The smallest absolute Gasteiger partial charge is 0.308 e. The van der Waals surface area contributed by atoms with Crippen LogP contribution < -0.4 is 14.2 Å². The minimum atomic E-state index is -0.629. The SMILES string of the molecule is COc1cc(C=O)c(OC(C)=O)c(OC)c1O. The number of ether oxygens (including phenoxy) is 3. The Balaban J connectivity index is 3.48. The number of phenols is 1. The molecule has 0 aliphatic carbocycles. The average Bonchev–Trinajstić information content (AvgIpc) is 2.29. The molecule has 6 heteroatoms. The van der Waals surface area contributed by atoms with Crippen molar-refractivity contribution in [2.75, 3.05) is 14.2 Å². The van der Waals surface area contributed by atoms with Gasteiger partial charge in [0.1, 0.15) is 0 Å². The van der Waals surface area contributed by atoms with Gasteiger partial charge in [-0.05, 0) is 6.07 Å². The van der Waals surface area contributed by atoms with Crippen LogP contribution >= 0.6 is 0 Å². The van der Waals surface area contributed by atoms with Gasteiger partial charge in [0.05, 0.1) is 19.8 Å². The van der Waals surface area contributed by atoms with E-state index in [1.54, 1.807) is 0 Å². The Morgan fingerprint density at radius 3 is 2.35 bits per heavy atom. The van der Waals surface area contributed by atoms with Crippen LogP contribution in [0.25, 0.3) is 0 Å². The third-order valence-corrected chi connectivity index (χ3v) is 2.00. The first-order valence-corrected chi connectivity index (χ1v) is 4.66. The Morgan fingerprint density at radius 2 is 1.94 bits per heavy atom. The van der Waals surface area contributed by atoms with E-state index in [0.29, 0.717) is 6.29 Å². The van der Waals surface area contributed by atoms with Crippen LogP contribution in [0.15, 0.2) is 6.07 Å². The minimum Gasteiger partial charge on any atom is -0.502 e. The molecule has 92 valence electrons. The van der Waals surface area contributed by atoms with Crippen molar-refractivity contribution in [2.24, 2.45) is 0 Å². The summed E-state index contributed by atoms with van der Waals surface area (Å²) in [6.07, 6.45) is 0.475. The summed E-state index contributed by atoms with van der Waals surface area (Å²) in [4.78, 5) is 21.8. The van der Waals surface area contributed by atoms with Gasteiger partial charge < -0.3 is 19.3 Å². The summed E-state index contributed by atoms with van der Waals surface area (Å²) in [6.45, 7) is 1.18. The molecule has 1 rings (SSSR count). The van der Waals surface area contributed by atoms with Crippen LogP contribution in [-0.2, 0) is 4.79 Å². The molecule has 0 aromatic heterocycles. The van der Waals surface area contributed by atoms with E-state index >= 15 is 0 Å². The van der Waals surface area contributed by atoms with Crippen molar-refractivity contribution in [1.82, 2.24) is 0 Å². The Morgan fingerprint density at radius 1 is 1.29 bits per heavy atom. The first kappa shape index (κ1) is 12.8. The van der Waals surface area contributed by atoms with Crippen LogP contribution in [0.4, 0.5) is 0 Å². The summed E-state index contributed by atoms with van der Waals surface area (Å²) >= 11 is 0. The van der Waals surface area contributed by atoms with Gasteiger partial charge in [0.2, 0.25) is 11.5 Å². The molecule has 0 radical (unpaired) electrons. The van der Waals surface area contributed by atoms with E-state index in [9.17, 15) is 14.7 Å². The van der Waals surface area contributed by atoms with Gasteiger partial charge >= 0.3 is 5.97 Å². The van der Waals surface area contributed by atoms with Gasteiger partial charge in [-0.25, -0.2) is 0 Å². The molecule has 0 aliphatic heterocycles. The Bertz CT molecular complexity index is 452. The number of rotatable bonds is 4. The number of hydrogen-bond acceptors (Lipinski definition) is 6. The lowest BCUT2D eigenvalue weighted by molar-refractivity contribution is -0.132. The van der Waals surface area contributed by atoms with Crippen LogP contribution in [0.5, 0.6) is 23.0 Å². The molecule has 0 bridgehead atoms. The van der Waals surface area contributed by atoms with Gasteiger partial charge in [-0.3, -0.25) is 9.59 Å². The molecule has 0 spiro atoms. The molecule has 1 N–H and O–H groups in total. The zero-order valence-electron chi connectivity index (χ0n) is 9.64. The van der Waals surface area contributed by atoms with Gasteiger partial charge in [-0.2, -0.15) is 0 Å². The molecular weight excluding hydrogens is 228 g/mol. The van der Waals surface area contributed by atoms with E-state index in [-0.39, 0.29) is 28.6 Å². The summed E-state index contributed by atoms with van der Waals surface area (Å²) in [5.74, 6) is -1.16. The van der Waals surface area contributed by atoms with Crippen molar-refractivity contribution >= 4 is 12.3 Å². The quantitative estimate of drug-likeness (QED) is 0.483. The fourth-order valence-electron chi connectivity index (χ4n) is 1.31. The number of aldehydes is 1. The van der Waals surface area contributed by atoms with Gasteiger partial charge in [-0.1, -0.05) is 0 Å². The highest BCUT2D eigenvalue weighted by Gasteiger charge is 2.21. The number of methoxy groups -OCH3 is 2. The number of benzene rings is 1. The van der Waals surface area contributed by atoms with Gasteiger partial charge in [-0.15, -0.1) is 0 Å². The topological polar surface area (TPSA) is 82.1 Å². The van der Waals surface area contributed by atoms with Gasteiger partial charge in [0.25, 0.3) is 0 Å². The highest BCUT2D eigenvalue weighted by atomic mass is 16.6. The number of phenolic OH excluding ortho intramolecular Hbond substituents is 1. The second kappa shape index (κ2) is 5.20. The van der Waals surface area contributed by atoms with Crippen molar-refractivity contribution in [1.29, 1.82) is 0 Å². The predicted molar refractivity (Wildman–Crippen MR) is 57.9 cm³/mol. The average molecular weight is 240 g/mol. The normalized spacial score (nSPS) is 9.59. The zero-order chi connectivity index (χ0) is 13.0. The molecule has 6 nitrogen and oxygen atoms in total. The highest BCUT2D eigenvalue weighted by Crippen LogP contribution is 2.45. The number of carbonyl (C=O) groups excluding carboxylic acids is 2. The lowest BCUT2D eigenvalue weighted by Gasteiger charge is -2.14. The third-order valence-electron chi connectivity index (χ3n) is 2.00. The lowest BCUT2D eigenvalue weighted by Crippen LogP contribution is -2.06. The Hall–Kier alpha value is -2.24.